The van der Waals surface area contributed by atoms with Crippen molar-refractivity contribution in [2.24, 2.45) is 0 Å². The Bertz CT molecular complexity index is 468. The van der Waals surface area contributed by atoms with Crippen LogP contribution in [0.2, 0.25) is 0 Å². The largest absolute Gasteiger partial charge is 0.399 e. The molecule has 1 fully saturated rings. The van der Waals surface area contributed by atoms with Crippen LogP contribution in [0.15, 0.2) is 24.3 Å². The first-order valence-corrected chi connectivity index (χ1v) is 7.57. The zero-order valence-corrected chi connectivity index (χ0v) is 13.4. The Morgan fingerprint density at radius 2 is 2.00 bits per heavy atom. The highest BCUT2D eigenvalue weighted by Crippen LogP contribution is 2.41. The van der Waals surface area contributed by atoms with Crippen LogP contribution >= 0.6 is 0 Å². The van der Waals surface area contributed by atoms with Crippen molar-refractivity contribution < 1.29 is 4.74 Å². The summed E-state index contributed by atoms with van der Waals surface area (Å²) in [5, 5.41) is 0. The summed E-state index contributed by atoms with van der Waals surface area (Å²) < 4.78 is 6.25. The van der Waals surface area contributed by atoms with Gasteiger partial charge in [-0.15, -0.1) is 0 Å². The molecule has 1 heterocycles. The van der Waals surface area contributed by atoms with E-state index in [0.717, 1.165) is 25.1 Å². The van der Waals surface area contributed by atoms with Crippen molar-refractivity contribution in [3.8, 4) is 0 Å². The average molecular weight is 276 g/mol. The Morgan fingerprint density at radius 1 is 1.30 bits per heavy atom. The zero-order valence-electron chi connectivity index (χ0n) is 13.4. The van der Waals surface area contributed by atoms with Crippen LogP contribution < -0.4 is 10.6 Å². The first-order chi connectivity index (χ1) is 9.25. The van der Waals surface area contributed by atoms with Crippen molar-refractivity contribution in [3.05, 3.63) is 24.3 Å². The van der Waals surface area contributed by atoms with E-state index in [0.29, 0.717) is 6.04 Å². The highest BCUT2D eigenvalue weighted by atomic mass is 16.5. The molecule has 3 nitrogen and oxygen atoms in total. The summed E-state index contributed by atoms with van der Waals surface area (Å²) in [6.07, 6.45) is 2.15. The molecule has 1 aromatic rings. The van der Waals surface area contributed by atoms with Gasteiger partial charge in [0.05, 0.1) is 17.2 Å². The fourth-order valence-corrected chi connectivity index (χ4v) is 3.43. The van der Waals surface area contributed by atoms with E-state index in [-0.39, 0.29) is 11.2 Å². The minimum absolute atomic E-state index is 0.0690. The van der Waals surface area contributed by atoms with E-state index in [1.54, 1.807) is 0 Å². The van der Waals surface area contributed by atoms with Gasteiger partial charge in [-0.1, -0.05) is 13.0 Å². The summed E-state index contributed by atoms with van der Waals surface area (Å²) in [5.74, 6) is 0. The van der Waals surface area contributed by atoms with E-state index in [2.05, 4.69) is 51.7 Å². The summed E-state index contributed by atoms with van der Waals surface area (Å²) in [6, 6.07) is 8.55. The van der Waals surface area contributed by atoms with E-state index in [4.69, 9.17) is 10.5 Å². The second-order valence-electron chi connectivity index (χ2n) is 6.97. The summed E-state index contributed by atoms with van der Waals surface area (Å²) >= 11 is 0. The molecule has 2 N–H and O–H groups in total. The van der Waals surface area contributed by atoms with E-state index in [1.807, 2.05) is 12.1 Å². The monoisotopic (exact) mass is 276 g/mol. The molecule has 0 amide bonds. The van der Waals surface area contributed by atoms with Gasteiger partial charge in [0, 0.05) is 17.9 Å². The van der Waals surface area contributed by atoms with Gasteiger partial charge in [-0.2, -0.15) is 0 Å². The molecule has 20 heavy (non-hydrogen) atoms. The SMILES string of the molecule is CCCN(c1cccc(N)c1)C1CC(C)(C)OC1(C)C. The normalized spacial score (nSPS) is 23.8. The second-order valence-corrected chi connectivity index (χ2v) is 6.97. The van der Waals surface area contributed by atoms with Crippen LogP contribution in [0.1, 0.15) is 47.5 Å². The second kappa shape index (κ2) is 5.28. The minimum atomic E-state index is -0.150. The number of nitrogens with zero attached hydrogens (tertiary/aromatic N) is 1. The van der Waals surface area contributed by atoms with Crippen molar-refractivity contribution in [2.45, 2.75) is 64.7 Å². The molecule has 1 aromatic carbocycles. The van der Waals surface area contributed by atoms with Crippen LogP contribution in [0.4, 0.5) is 11.4 Å². The molecule has 1 aliphatic rings. The average Bonchev–Trinajstić information content (AvgIpc) is 2.54. The molecule has 1 aliphatic heterocycles. The highest BCUT2D eigenvalue weighted by Gasteiger charge is 2.48. The lowest BCUT2D eigenvalue weighted by atomic mass is 9.92. The third kappa shape index (κ3) is 3.09. The van der Waals surface area contributed by atoms with Gasteiger partial charge in [0.15, 0.2) is 0 Å². The molecular weight excluding hydrogens is 248 g/mol. The predicted octanol–water partition coefficient (Wildman–Crippen LogP) is 3.83. The van der Waals surface area contributed by atoms with Crippen LogP contribution in [0.25, 0.3) is 0 Å². The van der Waals surface area contributed by atoms with Crippen molar-refractivity contribution >= 4 is 11.4 Å². The molecular formula is C17H28N2O. The third-order valence-corrected chi connectivity index (χ3v) is 4.07. The first kappa shape index (κ1) is 15.2. The zero-order chi connectivity index (χ0) is 15.0. The fraction of sp³-hybridized carbons (Fsp3) is 0.647. The predicted molar refractivity (Wildman–Crippen MR) is 86.1 cm³/mol. The summed E-state index contributed by atoms with van der Waals surface area (Å²) in [7, 11) is 0. The van der Waals surface area contributed by atoms with E-state index >= 15 is 0 Å². The number of nitrogens with two attached hydrogens (primary N) is 1. The van der Waals surface area contributed by atoms with Crippen LogP contribution in [-0.4, -0.2) is 23.8 Å². The van der Waals surface area contributed by atoms with Gasteiger partial charge in [0.25, 0.3) is 0 Å². The standard InChI is InChI=1S/C17H28N2O/c1-6-10-19(14-9-7-8-13(18)11-14)15-12-16(2,3)20-17(15,4)5/h7-9,11,15H,6,10,12,18H2,1-5H3. The maximum absolute atomic E-state index is 6.25. The number of benzene rings is 1. The summed E-state index contributed by atoms with van der Waals surface area (Å²) in [6.45, 7) is 12.0. The molecule has 1 unspecified atom stereocenters. The van der Waals surface area contributed by atoms with Crippen molar-refractivity contribution in [3.63, 3.8) is 0 Å². The van der Waals surface area contributed by atoms with Crippen LogP contribution in [0.3, 0.4) is 0 Å². The highest BCUT2D eigenvalue weighted by molar-refractivity contribution is 5.57. The molecule has 0 saturated carbocycles. The third-order valence-electron chi connectivity index (χ3n) is 4.07. The molecule has 3 heteroatoms. The van der Waals surface area contributed by atoms with Gasteiger partial charge < -0.3 is 15.4 Å². The van der Waals surface area contributed by atoms with Gasteiger partial charge in [-0.3, -0.25) is 0 Å². The lowest BCUT2D eigenvalue weighted by Crippen LogP contribution is -2.47. The number of hydrogen-bond acceptors (Lipinski definition) is 3. The van der Waals surface area contributed by atoms with E-state index in [9.17, 15) is 0 Å². The first-order valence-electron chi connectivity index (χ1n) is 7.57. The molecule has 2 rings (SSSR count). The quantitative estimate of drug-likeness (QED) is 0.849. The number of ether oxygens (including phenoxy) is 1. The van der Waals surface area contributed by atoms with Crippen molar-refractivity contribution in [1.29, 1.82) is 0 Å². The van der Waals surface area contributed by atoms with Gasteiger partial charge >= 0.3 is 0 Å². The number of nitrogen functional groups attached to an aromatic ring is 1. The lowest BCUT2D eigenvalue weighted by molar-refractivity contribution is -0.0679. The number of rotatable bonds is 4. The number of anilines is 2. The fourth-order valence-electron chi connectivity index (χ4n) is 3.43. The van der Waals surface area contributed by atoms with Gasteiger partial charge in [-0.05, 0) is 58.7 Å². The van der Waals surface area contributed by atoms with Crippen LogP contribution in [-0.2, 0) is 4.74 Å². The van der Waals surface area contributed by atoms with Gasteiger partial charge in [0.2, 0.25) is 0 Å². The summed E-state index contributed by atoms with van der Waals surface area (Å²) in [5.41, 5.74) is 7.75. The molecule has 1 atom stereocenters. The smallest absolute Gasteiger partial charge is 0.0837 e. The Balaban J connectivity index is 2.34. The summed E-state index contributed by atoms with van der Waals surface area (Å²) in [4.78, 5) is 2.46. The maximum Gasteiger partial charge on any atom is 0.0837 e. The molecule has 0 bridgehead atoms. The minimum Gasteiger partial charge on any atom is -0.399 e. The van der Waals surface area contributed by atoms with E-state index < -0.39 is 0 Å². The number of hydrogen-bond donors (Lipinski definition) is 1. The van der Waals surface area contributed by atoms with Crippen molar-refractivity contribution in [1.82, 2.24) is 0 Å². The Labute approximate surface area is 123 Å². The molecule has 0 aromatic heterocycles. The Kier molecular flexibility index (Phi) is 4.01. The maximum atomic E-state index is 6.25. The Hall–Kier alpha value is -1.22. The lowest BCUT2D eigenvalue weighted by Gasteiger charge is -2.38. The molecule has 0 radical (unpaired) electrons. The Morgan fingerprint density at radius 3 is 2.50 bits per heavy atom. The van der Waals surface area contributed by atoms with Crippen molar-refractivity contribution in [2.75, 3.05) is 17.2 Å². The molecule has 1 saturated heterocycles. The van der Waals surface area contributed by atoms with E-state index in [1.165, 1.54) is 5.69 Å². The van der Waals surface area contributed by atoms with Gasteiger partial charge in [0.1, 0.15) is 0 Å². The van der Waals surface area contributed by atoms with Gasteiger partial charge in [-0.25, -0.2) is 0 Å². The molecule has 0 aliphatic carbocycles. The van der Waals surface area contributed by atoms with Crippen LogP contribution in [0, 0.1) is 0 Å². The topological polar surface area (TPSA) is 38.5 Å². The molecule has 0 spiro atoms. The molecule has 112 valence electrons. The van der Waals surface area contributed by atoms with Crippen LogP contribution in [0.5, 0.6) is 0 Å².